The van der Waals surface area contributed by atoms with Crippen LogP contribution in [-0.4, -0.2) is 46.6 Å². The van der Waals surface area contributed by atoms with Crippen molar-refractivity contribution in [2.24, 2.45) is 0 Å². The number of aliphatic hydroxyl groups is 1. The summed E-state index contributed by atoms with van der Waals surface area (Å²) >= 11 is 2.57. The van der Waals surface area contributed by atoms with Crippen molar-refractivity contribution in [3.05, 3.63) is 125 Å². The Bertz CT molecular complexity index is 1230. The van der Waals surface area contributed by atoms with Crippen LogP contribution < -0.4 is 13.8 Å². The van der Waals surface area contributed by atoms with Crippen LogP contribution >= 0.6 is 0 Å². The van der Waals surface area contributed by atoms with Crippen LogP contribution in [0.5, 0.6) is 11.5 Å². The van der Waals surface area contributed by atoms with E-state index in [2.05, 4.69) is 77.2 Å². The van der Waals surface area contributed by atoms with Crippen LogP contribution in [0.4, 0.5) is 0 Å². The van der Waals surface area contributed by atoms with Gasteiger partial charge < -0.3 is 4.74 Å². The summed E-state index contributed by atoms with van der Waals surface area (Å²) in [6.45, 7) is 4.04. The van der Waals surface area contributed by atoms with Crippen molar-refractivity contribution in [1.82, 2.24) is 4.90 Å². The maximum atomic E-state index is 11.3. The molecule has 0 saturated carbocycles. The zero-order valence-corrected chi connectivity index (χ0v) is 23.3. The van der Waals surface area contributed by atoms with Crippen molar-refractivity contribution >= 4 is 21.2 Å². The standard InChI is InChI=1S/C32H34AsNO3/c1-24(19-25-13-16-29(36-2)17-14-25)34(21-26-9-5-3-6-10-26)22-31(35)28-15-18-32(30(33)20-28)37-23-27-11-7-4-8-12-27/h3-18,20,24,31,35H,19,21-23H2,1-2H3. The zero-order chi connectivity index (χ0) is 26.0. The number of nitrogens with zero attached hydrogens (tertiary/aromatic N) is 1. The molecule has 0 aromatic heterocycles. The van der Waals surface area contributed by atoms with Crippen LogP contribution in [-0.2, 0) is 19.6 Å². The minimum absolute atomic E-state index is 0.230. The molecule has 0 spiro atoms. The summed E-state index contributed by atoms with van der Waals surface area (Å²) in [5.41, 5.74) is 4.49. The number of hydrogen-bond donors (Lipinski definition) is 1. The molecule has 0 amide bonds. The average molecular weight is 556 g/mol. The van der Waals surface area contributed by atoms with Crippen molar-refractivity contribution in [2.45, 2.75) is 38.6 Å². The predicted molar refractivity (Wildman–Crippen MR) is 151 cm³/mol. The number of ether oxygens (including phenoxy) is 2. The average Bonchev–Trinajstić information content (AvgIpc) is 2.93. The molecule has 4 aromatic rings. The van der Waals surface area contributed by atoms with E-state index in [1.165, 1.54) is 11.1 Å². The summed E-state index contributed by atoms with van der Waals surface area (Å²) in [5, 5.41) is 11.3. The summed E-state index contributed by atoms with van der Waals surface area (Å²) in [6.07, 6.45) is 0.263. The molecule has 0 bridgehead atoms. The van der Waals surface area contributed by atoms with Gasteiger partial charge in [0, 0.05) is 0 Å². The molecule has 4 aromatic carbocycles. The SMILES string of the molecule is COc1ccc(CC(C)N(Cc2ccccc2)CC(O)c2ccc(OCc3ccccc3)c([As])c2)cc1. The number of rotatable bonds is 12. The van der Waals surface area contributed by atoms with Crippen LogP contribution in [0, 0.1) is 0 Å². The van der Waals surface area contributed by atoms with Gasteiger partial charge in [-0.25, -0.2) is 0 Å². The zero-order valence-electron chi connectivity index (χ0n) is 21.5. The Morgan fingerprint density at radius 2 is 1.46 bits per heavy atom. The van der Waals surface area contributed by atoms with Crippen molar-refractivity contribution in [3.8, 4) is 11.5 Å². The van der Waals surface area contributed by atoms with Gasteiger partial charge in [0.1, 0.15) is 0 Å². The van der Waals surface area contributed by atoms with E-state index in [9.17, 15) is 5.11 Å². The molecule has 0 saturated heterocycles. The molecular formula is C32H34AsNO3. The molecule has 0 fully saturated rings. The molecule has 5 heteroatoms. The van der Waals surface area contributed by atoms with Gasteiger partial charge in [0.05, 0.1) is 7.11 Å². The monoisotopic (exact) mass is 555 g/mol. The molecule has 0 aliphatic heterocycles. The second-order valence-corrected chi connectivity index (χ2v) is 10.3. The predicted octanol–water partition coefficient (Wildman–Crippen LogP) is 5.23. The molecule has 0 aliphatic rings. The molecule has 190 valence electrons. The van der Waals surface area contributed by atoms with Gasteiger partial charge in [0.2, 0.25) is 0 Å². The van der Waals surface area contributed by atoms with E-state index in [-0.39, 0.29) is 6.04 Å². The third-order valence-electron chi connectivity index (χ3n) is 6.55. The van der Waals surface area contributed by atoms with Crippen LogP contribution in [0.25, 0.3) is 0 Å². The molecular weight excluding hydrogens is 521 g/mol. The normalized spacial score (nSPS) is 12.8. The van der Waals surface area contributed by atoms with Gasteiger partial charge in [-0.05, 0) is 0 Å². The first-order chi connectivity index (χ1) is 18.0. The Hall–Kier alpha value is -3.04. The van der Waals surface area contributed by atoms with Gasteiger partial charge in [0.15, 0.2) is 0 Å². The molecule has 0 heterocycles. The third-order valence-corrected chi connectivity index (χ3v) is 7.29. The van der Waals surface area contributed by atoms with E-state index in [4.69, 9.17) is 9.47 Å². The fraction of sp³-hybridized carbons (Fsp3) is 0.250. The van der Waals surface area contributed by atoms with Crippen LogP contribution in [0.1, 0.15) is 35.3 Å². The second-order valence-electron chi connectivity index (χ2n) is 9.33. The van der Waals surface area contributed by atoms with Crippen molar-refractivity contribution in [2.75, 3.05) is 13.7 Å². The van der Waals surface area contributed by atoms with Gasteiger partial charge in [-0.15, -0.1) is 0 Å². The number of aliphatic hydroxyl groups excluding tert-OH is 1. The fourth-order valence-electron chi connectivity index (χ4n) is 4.38. The fourth-order valence-corrected chi connectivity index (χ4v) is 4.98. The molecule has 4 rings (SSSR count). The van der Waals surface area contributed by atoms with E-state index < -0.39 is 6.10 Å². The van der Waals surface area contributed by atoms with Gasteiger partial charge in [-0.3, -0.25) is 0 Å². The van der Waals surface area contributed by atoms with Gasteiger partial charge in [-0.1, -0.05) is 0 Å². The molecule has 2 radical (unpaired) electrons. The summed E-state index contributed by atoms with van der Waals surface area (Å²) in [7, 11) is 1.68. The van der Waals surface area contributed by atoms with Crippen LogP contribution in [0.15, 0.2) is 103 Å². The molecule has 0 aliphatic carbocycles. The number of hydrogen-bond acceptors (Lipinski definition) is 4. The number of methoxy groups -OCH3 is 1. The van der Waals surface area contributed by atoms with E-state index in [0.29, 0.717) is 13.2 Å². The Kier molecular flexibility index (Phi) is 9.84. The Morgan fingerprint density at radius 1 is 0.811 bits per heavy atom. The number of benzene rings is 4. The van der Waals surface area contributed by atoms with Crippen molar-refractivity contribution < 1.29 is 14.6 Å². The topological polar surface area (TPSA) is 41.9 Å². The third kappa shape index (κ3) is 7.97. The summed E-state index contributed by atoms with van der Waals surface area (Å²) < 4.78 is 12.3. The second kappa shape index (κ2) is 13.5. The van der Waals surface area contributed by atoms with Gasteiger partial charge in [-0.2, -0.15) is 0 Å². The molecule has 4 nitrogen and oxygen atoms in total. The van der Waals surface area contributed by atoms with Gasteiger partial charge >= 0.3 is 218 Å². The van der Waals surface area contributed by atoms with Crippen LogP contribution in [0.3, 0.4) is 0 Å². The Balaban J connectivity index is 1.45. The first-order valence-corrected chi connectivity index (χ1v) is 13.5. The van der Waals surface area contributed by atoms with Crippen LogP contribution in [0.2, 0.25) is 0 Å². The molecule has 2 unspecified atom stereocenters. The first-order valence-electron chi connectivity index (χ1n) is 12.6. The van der Waals surface area contributed by atoms with E-state index >= 15 is 0 Å². The van der Waals surface area contributed by atoms with E-state index in [1.54, 1.807) is 7.11 Å². The molecule has 2 atom stereocenters. The van der Waals surface area contributed by atoms with Crippen molar-refractivity contribution in [1.29, 1.82) is 0 Å². The Labute approximate surface area is 229 Å². The van der Waals surface area contributed by atoms with Crippen molar-refractivity contribution in [3.63, 3.8) is 0 Å². The first kappa shape index (κ1) is 27.0. The summed E-state index contributed by atoms with van der Waals surface area (Å²) in [4.78, 5) is 2.36. The maximum absolute atomic E-state index is 11.3. The quantitative estimate of drug-likeness (QED) is 0.243. The minimum atomic E-state index is -0.617. The Morgan fingerprint density at radius 3 is 2.08 bits per heavy atom. The molecule has 37 heavy (non-hydrogen) atoms. The summed E-state index contributed by atoms with van der Waals surface area (Å²) in [6, 6.07) is 35.0. The van der Waals surface area contributed by atoms with E-state index in [1.807, 2.05) is 54.6 Å². The van der Waals surface area contributed by atoms with E-state index in [0.717, 1.165) is 39.9 Å². The summed E-state index contributed by atoms with van der Waals surface area (Å²) in [5.74, 6) is 1.67. The molecule has 1 N–H and O–H groups in total. The van der Waals surface area contributed by atoms with Gasteiger partial charge in [0.25, 0.3) is 0 Å².